The summed E-state index contributed by atoms with van der Waals surface area (Å²) in [7, 11) is 0. The van der Waals surface area contributed by atoms with E-state index in [-0.39, 0.29) is 17.7 Å². The van der Waals surface area contributed by atoms with Gasteiger partial charge in [-0.1, -0.05) is 31.5 Å². The van der Waals surface area contributed by atoms with Gasteiger partial charge in [-0.05, 0) is 38.7 Å². The van der Waals surface area contributed by atoms with E-state index in [0.29, 0.717) is 25.4 Å². The molecule has 0 aliphatic carbocycles. The van der Waals surface area contributed by atoms with E-state index in [1.165, 1.54) is 0 Å². The van der Waals surface area contributed by atoms with E-state index in [1.807, 2.05) is 32.0 Å². The first kappa shape index (κ1) is 18.5. The normalized spacial score (nSPS) is 17.5. The predicted molar refractivity (Wildman–Crippen MR) is 102 cm³/mol. The van der Waals surface area contributed by atoms with Gasteiger partial charge in [0.05, 0.1) is 5.92 Å². The monoisotopic (exact) mass is 356 g/mol. The first-order valence-corrected chi connectivity index (χ1v) is 9.58. The summed E-state index contributed by atoms with van der Waals surface area (Å²) in [5.41, 5.74) is 2.68. The van der Waals surface area contributed by atoms with Crippen LogP contribution in [0.2, 0.25) is 0 Å². The second kappa shape index (κ2) is 7.94. The molecular weight excluding hydrogens is 328 g/mol. The van der Waals surface area contributed by atoms with Crippen LogP contribution in [0.1, 0.15) is 54.3 Å². The van der Waals surface area contributed by atoms with Crippen LogP contribution in [0.25, 0.3) is 11.0 Å². The number of benzene rings is 1. The Morgan fingerprint density at radius 2 is 2.12 bits per heavy atom. The molecular formula is C21H28N2O3. The minimum atomic E-state index is -0.129. The molecule has 3 rings (SSSR count). The van der Waals surface area contributed by atoms with Gasteiger partial charge in [0.25, 0.3) is 5.91 Å². The molecule has 1 saturated heterocycles. The summed E-state index contributed by atoms with van der Waals surface area (Å²) in [6.45, 7) is 7.86. The second-order valence-corrected chi connectivity index (χ2v) is 7.24. The molecule has 5 heteroatoms. The summed E-state index contributed by atoms with van der Waals surface area (Å²) in [4.78, 5) is 27.2. The Kier molecular flexibility index (Phi) is 5.64. The van der Waals surface area contributed by atoms with Gasteiger partial charge in [0.15, 0.2) is 5.76 Å². The Labute approximate surface area is 154 Å². The van der Waals surface area contributed by atoms with Crippen molar-refractivity contribution in [3.8, 4) is 0 Å². The molecule has 1 aliphatic rings. The first-order chi connectivity index (χ1) is 12.5. The third-order valence-corrected chi connectivity index (χ3v) is 5.26. The lowest BCUT2D eigenvalue weighted by atomic mass is 9.96. The molecule has 2 heterocycles. The maximum Gasteiger partial charge on any atom is 0.289 e. The van der Waals surface area contributed by atoms with E-state index in [0.717, 1.165) is 47.8 Å². The Balaban J connectivity index is 1.74. The number of hydrogen-bond acceptors (Lipinski definition) is 3. The van der Waals surface area contributed by atoms with Gasteiger partial charge in [0.2, 0.25) is 5.91 Å². The van der Waals surface area contributed by atoms with Crippen LogP contribution in [-0.4, -0.2) is 36.3 Å². The van der Waals surface area contributed by atoms with Gasteiger partial charge in [-0.15, -0.1) is 0 Å². The zero-order valence-electron chi connectivity index (χ0n) is 15.9. The number of amides is 2. The summed E-state index contributed by atoms with van der Waals surface area (Å²) >= 11 is 0. The van der Waals surface area contributed by atoms with Gasteiger partial charge < -0.3 is 14.6 Å². The standard InChI is InChI=1S/C21H28N2O3/c1-4-5-11-22-20(24)16-9-7-12-23(13-16)21(25)19-15(3)17-10-6-8-14(2)18(17)26-19/h6,8,10,16H,4-5,7,9,11-13H2,1-3H3,(H,22,24). The Bertz CT molecular complexity index is 809. The second-order valence-electron chi connectivity index (χ2n) is 7.24. The molecule has 2 aromatic rings. The highest BCUT2D eigenvalue weighted by atomic mass is 16.3. The van der Waals surface area contributed by atoms with Gasteiger partial charge >= 0.3 is 0 Å². The van der Waals surface area contributed by atoms with E-state index < -0.39 is 0 Å². The Hall–Kier alpha value is -2.30. The van der Waals surface area contributed by atoms with E-state index in [1.54, 1.807) is 4.90 Å². The molecule has 0 bridgehead atoms. The number of furan rings is 1. The number of rotatable bonds is 5. The summed E-state index contributed by atoms with van der Waals surface area (Å²) < 4.78 is 5.93. The third kappa shape index (κ3) is 3.62. The largest absolute Gasteiger partial charge is 0.450 e. The summed E-state index contributed by atoms with van der Waals surface area (Å²) in [6.07, 6.45) is 3.72. The lowest BCUT2D eigenvalue weighted by molar-refractivity contribution is -0.126. The van der Waals surface area contributed by atoms with E-state index in [2.05, 4.69) is 12.2 Å². The molecule has 0 spiro atoms. The van der Waals surface area contributed by atoms with Crippen LogP contribution in [0.4, 0.5) is 0 Å². The minimum Gasteiger partial charge on any atom is -0.450 e. The quantitative estimate of drug-likeness (QED) is 0.829. The third-order valence-electron chi connectivity index (χ3n) is 5.26. The number of nitrogens with one attached hydrogen (secondary N) is 1. The van der Waals surface area contributed by atoms with E-state index in [9.17, 15) is 9.59 Å². The fraction of sp³-hybridized carbons (Fsp3) is 0.524. The molecule has 0 saturated carbocycles. The van der Waals surface area contributed by atoms with Gasteiger partial charge in [0.1, 0.15) is 5.58 Å². The number of hydrogen-bond donors (Lipinski definition) is 1. The molecule has 140 valence electrons. The number of unbranched alkanes of at least 4 members (excludes halogenated alkanes) is 1. The lowest BCUT2D eigenvalue weighted by Crippen LogP contribution is -2.45. The average Bonchev–Trinajstić information content (AvgIpc) is 2.99. The van der Waals surface area contributed by atoms with Gasteiger partial charge in [0, 0.05) is 30.6 Å². The van der Waals surface area contributed by atoms with Crippen molar-refractivity contribution in [2.75, 3.05) is 19.6 Å². The molecule has 1 fully saturated rings. The molecule has 1 aliphatic heterocycles. The van der Waals surface area contributed by atoms with Gasteiger partial charge in [-0.3, -0.25) is 9.59 Å². The smallest absolute Gasteiger partial charge is 0.289 e. The van der Waals surface area contributed by atoms with Crippen molar-refractivity contribution < 1.29 is 14.0 Å². The molecule has 1 aromatic carbocycles. The molecule has 5 nitrogen and oxygen atoms in total. The van der Waals surface area contributed by atoms with Crippen LogP contribution in [0.15, 0.2) is 22.6 Å². The van der Waals surface area contributed by atoms with E-state index in [4.69, 9.17) is 4.42 Å². The zero-order chi connectivity index (χ0) is 18.7. The van der Waals surface area contributed by atoms with Crippen LogP contribution >= 0.6 is 0 Å². The van der Waals surface area contributed by atoms with E-state index >= 15 is 0 Å². The Morgan fingerprint density at radius 3 is 2.85 bits per heavy atom. The summed E-state index contributed by atoms with van der Waals surface area (Å²) in [6, 6.07) is 5.95. The van der Waals surface area contributed by atoms with Crippen LogP contribution in [-0.2, 0) is 4.79 Å². The number of piperidine rings is 1. The molecule has 0 radical (unpaired) electrons. The molecule has 1 atom stereocenters. The van der Waals surface area contributed by atoms with Crippen LogP contribution in [0.3, 0.4) is 0 Å². The van der Waals surface area contributed by atoms with Crippen molar-refractivity contribution >= 4 is 22.8 Å². The lowest BCUT2D eigenvalue weighted by Gasteiger charge is -2.31. The zero-order valence-corrected chi connectivity index (χ0v) is 15.9. The maximum absolute atomic E-state index is 13.0. The highest BCUT2D eigenvalue weighted by Crippen LogP contribution is 2.29. The number of carbonyl (C=O) groups excluding carboxylic acids is 2. The highest BCUT2D eigenvalue weighted by Gasteiger charge is 2.31. The molecule has 26 heavy (non-hydrogen) atoms. The number of aryl methyl sites for hydroxylation is 2. The van der Waals surface area contributed by atoms with Gasteiger partial charge in [-0.2, -0.15) is 0 Å². The fourth-order valence-electron chi connectivity index (χ4n) is 3.64. The van der Waals surface area contributed by atoms with Crippen LogP contribution in [0, 0.1) is 19.8 Å². The number of para-hydroxylation sites is 1. The molecule has 1 unspecified atom stereocenters. The Morgan fingerprint density at radius 1 is 1.31 bits per heavy atom. The van der Waals surface area contributed by atoms with Crippen LogP contribution in [0.5, 0.6) is 0 Å². The summed E-state index contributed by atoms with van der Waals surface area (Å²) in [5, 5.41) is 3.98. The topological polar surface area (TPSA) is 62.6 Å². The first-order valence-electron chi connectivity index (χ1n) is 9.58. The number of nitrogens with zero attached hydrogens (tertiary/aromatic N) is 1. The summed E-state index contributed by atoms with van der Waals surface area (Å²) in [5.74, 6) is 0.231. The van der Waals surface area contributed by atoms with Crippen LogP contribution < -0.4 is 5.32 Å². The maximum atomic E-state index is 13.0. The molecule has 1 N–H and O–H groups in total. The minimum absolute atomic E-state index is 0.0631. The fourth-order valence-corrected chi connectivity index (χ4v) is 3.64. The van der Waals surface area contributed by atoms with Crippen molar-refractivity contribution in [1.29, 1.82) is 0 Å². The predicted octanol–water partition coefficient (Wildman–Crippen LogP) is 3.82. The number of carbonyl (C=O) groups is 2. The van der Waals surface area contributed by atoms with Gasteiger partial charge in [-0.25, -0.2) is 0 Å². The molecule has 2 amide bonds. The van der Waals surface area contributed by atoms with Crippen molar-refractivity contribution in [3.05, 3.63) is 35.1 Å². The van der Waals surface area contributed by atoms with Crippen molar-refractivity contribution in [3.63, 3.8) is 0 Å². The SMILES string of the molecule is CCCCNC(=O)C1CCCN(C(=O)c2oc3c(C)cccc3c2C)C1. The van der Waals surface area contributed by atoms with Crippen molar-refractivity contribution in [2.45, 2.75) is 46.5 Å². The molecule has 1 aromatic heterocycles. The highest BCUT2D eigenvalue weighted by molar-refractivity contribution is 5.99. The number of fused-ring (bicyclic) bond motifs is 1. The average molecular weight is 356 g/mol. The van der Waals surface area contributed by atoms with Crippen molar-refractivity contribution in [1.82, 2.24) is 10.2 Å². The van der Waals surface area contributed by atoms with Crippen molar-refractivity contribution in [2.24, 2.45) is 5.92 Å². The number of likely N-dealkylation sites (tertiary alicyclic amines) is 1.